The predicted octanol–water partition coefficient (Wildman–Crippen LogP) is 4.53. The summed E-state index contributed by atoms with van der Waals surface area (Å²) in [4.78, 5) is 15.2. The van der Waals surface area contributed by atoms with Gasteiger partial charge in [0, 0.05) is 30.7 Å². The molecule has 1 amide bonds. The van der Waals surface area contributed by atoms with Crippen molar-refractivity contribution < 1.29 is 22.7 Å². The lowest BCUT2D eigenvalue weighted by atomic mass is 10.1. The molecule has 0 aliphatic carbocycles. The number of hydrogen-bond acceptors (Lipinski definition) is 3. The Labute approximate surface area is 147 Å². The highest BCUT2D eigenvalue weighted by atomic mass is 79.9. The van der Waals surface area contributed by atoms with E-state index in [4.69, 9.17) is 4.74 Å². The molecule has 0 aromatic heterocycles. The maximum Gasteiger partial charge on any atom is 0.418 e. The zero-order valence-corrected chi connectivity index (χ0v) is 15.4. The number of piperazine rings is 1. The van der Waals surface area contributed by atoms with Crippen molar-refractivity contribution in [3.8, 4) is 0 Å². The van der Waals surface area contributed by atoms with Crippen molar-refractivity contribution in [2.24, 2.45) is 0 Å². The first kappa shape index (κ1) is 18.9. The van der Waals surface area contributed by atoms with Crippen LogP contribution in [0.2, 0.25) is 0 Å². The predicted molar refractivity (Wildman–Crippen MR) is 89.2 cm³/mol. The minimum Gasteiger partial charge on any atom is -0.444 e. The van der Waals surface area contributed by atoms with Crippen LogP contribution in [0.4, 0.5) is 23.7 Å². The molecule has 0 unspecified atom stereocenters. The Kier molecular flexibility index (Phi) is 5.37. The molecule has 24 heavy (non-hydrogen) atoms. The first-order chi connectivity index (χ1) is 11.0. The highest BCUT2D eigenvalue weighted by Gasteiger charge is 2.36. The topological polar surface area (TPSA) is 32.8 Å². The summed E-state index contributed by atoms with van der Waals surface area (Å²) in [5.41, 5.74) is -1.14. The Hall–Kier alpha value is -1.44. The summed E-state index contributed by atoms with van der Waals surface area (Å²) in [6.45, 7) is 6.60. The summed E-state index contributed by atoms with van der Waals surface area (Å²) < 4.78 is 45.5. The number of halogens is 4. The third kappa shape index (κ3) is 4.78. The fourth-order valence-corrected chi connectivity index (χ4v) is 2.81. The second-order valence-electron chi connectivity index (χ2n) is 6.61. The Morgan fingerprint density at radius 3 is 2.21 bits per heavy atom. The van der Waals surface area contributed by atoms with Crippen molar-refractivity contribution in [1.29, 1.82) is 0 Å². The number of amides is 1. The standard InChI is InChI=1S/C16H20BrF3N2O2/c1-15(2,3)24-14(23)22-8-6-21(7-9-22)13-10-11(17)4-5-12(13)16(18,19)20/h4-5,10H,6-9H2,1-3H3. The summed E-state index contributed by atoms with van der Waals surface area (Å²) in [6, 6.07) is 3.91. The molecule has 1 aliphatic heterocycles. The highest BCUT2D eigenvalue weighted by Crippen LogP contribution is 2.38. The van der Waals surface area contributed by atoms with Crippen molar-refractivity contribution in [3.63, 3.8) is 0 Å². The van der Waals surface area contributed by atoms with Crippen molar-refractivity contribution in [2.45, 2.75) is 32.5 Å². The molecular weight excluding hydrogens is 389 g/mol. The number of benzene rings is 1. The summed E-state index contributed by atoms with van der Waals surface area (Å²) in [6.07, 6.45) is -4.86. The highest BCUT2D eigenvalue weighted by molar-refractivity contribution is 9.10. The van der Waals surface area contributed by atoms with Crippen molar-refractivity contribution in [2.75, 3.05) is 31.1 Å². The summed E-state index contributed by atoms with van der Waals surface area (Å²) in [7, 11) is 0. The van der Waals surface area contributed by atoms with Crippen LogP contribution in [0, 0.1) is 0 Å². The Balaban J connectivity index is 2.10. The van der Waals surface area contributed by atoms with Gasteiger partial charge in [0.05, 0.1) is 11.3 Å². The molecule has 0 saturated carbocycles. The molecule has 2 rings (SSSR count). The van der Waals surface area contributed by atoms with E-state index in [9.17, 15) is 18.0 Å². The molecule has 4 nitrogen and oxygen atoms in total. The van der Waals surface area contributed by atoms with E-state index in [0.29, 0.717) is 30.7 Å². The van der Waals surface area contributed by atoms with Crippen LogP contribution in [0.5, 0.6) is 0 Å². The van der Waals surface area contributed by atoms with Crippen LogP contribution in [0.15, 0.2) is 22.7 Å². The zero-order chi connectivity index (χ0) is 18.1. The van der Waals surface area contributed by atoms with E-state index in [1.54, 1.807) is 25.7 Å². The Bertz CT molecular complexity index is 606. The number of ether oxygens (including phenoxy) is 1. The quantitative estimate of drug-likeness (QED) is 0.684. The van der Waals surface area contributed by atoms with Crippen LogP contribution >= 0.6 is 15.9 Å². The summed E-state index contributed by atoms with van der Waals surface area (Å²) in [5, 5.41) is 0. The second-order valence-corrected chi connectivity index (χ2v) is 7.53. The smallest absolute Gasteiger partial charge is 0.418 e. The van der Waals surface area contributed by atoms with Gasteiger partial charge in [-0.15, -0.1) is 0 Å². The Morgan fingerprint density at radius 1 is 1.12 bits per heavy atom. The van der Waals surface area contributed by atoms with E-state index in [2.05, 4.69) is 15.9 Å². The lowest BCUT2D eigenvalue weighted by Crippen LogP contribution is -2.50. The molecular formula is C16H20BrF3N2O2. The minimum absolute atomic E-state index is 0.126. The van der Waals surface area contributed by atoms with Crippen LogP contribution in [0.25, 0.3) is 0 Å². The maximum absolute atomic E-state index is 13.2. The van der Waals surface area contributed by atoms with Gasteiger partial charge in [-0.25, -0.2) is 4.79 Å². The molecule has 1 saturated heterocycles. The number of carbonyl (C=O) groups is 1. The lowest BCUT2D eigenvalue weighted by molar-refractivity contribution is -0.137. The van der Waals surface area contributed by atoms with Gasteiger partial charge in [0.2, 0.25) is 0 Å². The normalized spacial score (nSPS) is 16.3. The molecule has 8 heteroatoms. The number of carbonyl (C=O) groups excluding carboxylic acids is 1. The van der Waals surface area contributed by atoms with Gasteiger partial charge in [0.1, 0.15) is 5.60 Å². The second kappa shape index (κ2) is 6.82. The average molecular weight is 409 g/mol. The van der Waals surface area contributed by atoms with Crippen molar-refractivity contribution in [1.82, 2.24) is 4.90 Å². The fourth-order valence-electron chi connectivity index (χ4n) is 2.46. The minimum atomic E-state index is -4.42. The first-order valence-electron chi connectivity index (χ1n) is 7.57. The van der Waals surface area contributed by atoms with E-state index in [1.165, 1.54) is 17.0 Å². The summed E-state index contributed by atoms with van der Waals surface area (Å²) >= 11 is 3.22. The molecule has 1 heterocycles. The largest absolute Gasteiger partial charge is 0.444 e. The van der Waals surface area contributed by atoms with Gasteiger partial charge in [-0.1, -0.05) is 15.9 Å². The van der Waals surface area contributed by atoms with E-state index in [0.717, 1.165) is 6.07 Å². The molecule has 1 aromatic carbocycles. The van der Waals surface area contributed by atoms with Crippen LogP contribution in [-0.4, -0.2) is 42.8 Å². The molecule has 0 bridgehead atoms. The molecule has 134 valence electrons. The molecule has 1 fully saturated rings. The van der Waals surface area contributed by atoms with Gasteiger partial charge >= 0.3 is 12.3 Å². The van der Waals surface area contributed by atoms with E-state index < -0.39 is 23.4 Å². The van der Waals surface area contributed by atoms with Crippen molar-refractivity contribution >= 4 is 27.7 Å². The zero-order valence-electron chi connectivity index (χ0n) is 13.8. The van der Waals surface area contributed by atoms with Gasteiger partial charge in [0.25, 0.3) is 0 Å². The average Bonchev–Trinajstić information content (AvgIpc) is 2.44. The summed E-state index contributed by atoms with van der Waals surface area (Å²) in [5.74, 6) is 0. The monoisotopic (exact) mass is 408 g/mol. The SMILES string of the molecule is CC(C)(C)OC(=O)N1CCN(c2cc(Br)ccc2C(F)(F)F)CC1. The third-order valence-corrected chi connectivity index (χ3v) is 4.03. The lowest BCUT2D eigenvalue weighted by Gasteiger charge is -2.37. The number of alkyl halides is 3. The number of rotatable bonds is 1. The number of anilines is 1. The van der Waals surface area contributed by atoms with Crippen LogP contribution in [0.3, 0.4) is 0 Å². The molecule has 0 radical (unpaired) electrons. The molecule has 0 spiro atoms. The first-order valence-corrected chi connectivity index (χ1v) is 8.36. The number of nitrogens with zero attached hydrogens (tertiary/aromatic N) is 2. The van der Waals surface area contributed by atoms with Gasteiger partial charge < -0.3 is 14.5 Å². The molecule has 1 aliphatic rings. The van der Waals surface area contributed by atoms with Crippen LogP contribution < -0.4 is 4.90 Å². The Morgan fingerprint density at radius 2 is 1.71 bits per heavy atom. The van der Waals surface area contributed by atoms with Gasteiger partial charge in [-0.3, -0.25) is 0 Å². The number of hydrogen-bond donors (Lipinski definition) is 0. The fraction of sp³-hybridized carbons (Fsp3) is 0.562. The molecule has 0 N–H and O–H groups in total. The van der Waals surface area contributed by atoms with Gasteiger partial charge in [-0.2, -0.15) is 13.2 Å². The van der Waals surface area contributed by atoms with Crippen LogP contribution in [0.1, 0.15) is 26.3 Å². The van der Waals surface area contributed by atoms with E-state index >= 15 is 0 Å². The van der Waals surface area contributed by atoms with Crippen molar-refractivity contribution in [3.05, 3.63) is 28.2 Å². The third-order valence-electron chi connectivity index (χ3n) is 3.54. The van der Waals surface area contributed by atoms with E-state index in [1.807, 2.05) is 0 Å². The molecule has 1 aromatic rings. The van der Waals surface area contributed by atoms with Crippen LogP contribution in [-0.2, 0) is 10.9 Å². The van der Waals surface area contributed by atoms with Gasteiger partial charge in [0.15, 0.2) is 0 Å². The van der Waals surface area contributed by atoms with E-state index in [-0.39, 0.29) is 5.69 Å². The van der Waals surface area contributed by atoms with Gasteiger partial charge in [-0.05, 0) is 39.0 Å². The maximum atomic E-state index is 13.2. The molecule has 0 atom stereocenters.